The predicted molar refractivity (Wildman–Crippen MR) is 216 cm³/mol. The number of rotatable bonds is 8. The number of pyridine rings is 1. The minimum atomic E-state index is -0.132. The van der Waals surface area contributed by atoms with Crippen molar-refractivity contribution >= 4 is 21.8 Å². The van der Waals surface area contributed by atoms with Gasteiger partial charge in [-0.25, -0.2) is 4.98 Å². The molecular formula is C47H50N4OPt. The van der Waals surface area contributed by atoms with Gasteiger partial charge in [-0.3, -0.25) is 4.68 Å². The Labute approximate surface area is 329 Å². The fourth-order valence-electron chi connectivity index (χ4n) is 7.31. The number of hydrogen-bond donors (Lipinski definition) is 0. The van der Waals surface area contributed by atoms with Crippen molar-refractivity contribution < 1.29 is 25.8 Å². The minimum Gasteiger partial charge on any atom is -0.509 e. The van der Waals surface area contributed by atoms with Crippen molar-refractivity contribution in [3.63, 3.8) is 0 Å². The molecule has 7 aromatic rings. The molecule has 53 heavy (non-hydrogen) atoms. The fraction of sp³-hybridized carbons (Fsp3) is 0.319. The van der Waals surface area contributed by atoms with E-state index in [1.165, 1.54) is 33.5 Å². The minimum absolute atomic E-state index is 0. The summed E-state index contributed by atoms with van der Waals surface area (Å²) < 4.78 is 11.1. The first-order valence-electron chi connectivity index (χ1n) is 18.6. The zero-order valence-electron chi connectivity index (χ0n) is 32.7. The van der Waals surface area contributed by atoms with Crippen LogP contribution in [-0.4, -0.2) is 19.3 Å². The van der Waals surface area contributed by atoms with Gasteiger partial charge >= 0.3 is 21.1 Å². The number of unbranched alkanes of at least 4 members (excludes halogenated alkanes) is 1. The summed E-state index contributed by atoms with van der Waals surface area (Å²) >= 11 is 0. The molecule has 3 heterocycles. The summed E-state index contributed by atoms with van der Waals surface area (Å²) in [5, 5.41) is 7.47. The molecule has 7 rings (SSSR count). The summed E-state index contributed by atoms with van der Waals surface area (Å²) in [6, 6.07) is 35.1. The van der Waals surface area contributed by atoms with Crippen molar-refractivity contribution in [1.82, 2.24) is 19.3 Å². The maximum absolute atomic E-state index is 6.74. The Bertz CT molecular complexity index is 2420. The van der Waals surface area contributed by atoms with Crippen LogP contribution in [0.25, 0.3) is 44.4 Å². The maximum Gasteiger partial charge on any atom is 2.00 e. The number of fused-ring (bicyclic) bond motifs is 3. The van der Waals surface area contributed by atoms with Gasteiger partial charge in [0.25, 0.3) is 0 Å². The molecule has 0 aliphatic carbocycles. The molecule has 0 atom stereocenters. The summed E-state index contributed by atoms with van der Waals surface area (Å²) in [7, 11) is 0. The topological polar surface area (TPSA) is 44.9 Å². The molecule has 6 heteroatoms. The summed E-state index contributed by atoms with van der Waals surface area (Å²) in [6.07, 6.45) is 5.00. The van der Waals surface area contributed by atoms with Crippen LogP contribution in [0.2, 0.25) is 0 Å². The third kappa shape index (κ3) is 7.38. The van der Waals surface area contributed by atoms with Gasteiger partial charge < -0.3 is 9.30 Å². The molecule has 0 N–H and O–H groups in total. The van der Waals surface area contributed by atoms with E-state index in [1.54, 1.807) is 0 Å². The normalized spacial score (nSPS) is 12.0. The monoisotopic (exact) mass is 881 g/mol. The number of aryl methyl sites for hydroxylation is 3. The number of hydrogen-bond acceptors (Lipinski definition) is 3. The first-order chi connectivity index (χ1) is 24.7. The standard InChI is InChI=1S/C47H50N4O.Pt/c1-11-12-19-41-45(44-30(2)16-15-17-31(44)3)32(4)49-51(41)35-25-34(47(8,9)10)26-37(28-35)52-36-21-22-39-38-18-13-14-20-40(38)50(42(39)29-36)43-27-33(23-24-48-43)46(5,6)7;/h13-18,20-27H,11-12,19H2,1-10H3;/q-2;+2. The molecule has 0 amide bonds. The van der Waals surface area contributed by atoms with Crippen molar-refractivity contribution in [1.29, 1.82) is 0 Å². The van der Waals surface area contributed by atoms with Gasteiger partial charge in [0.05, 0.1) is 5.69 Å². The third-order valence-electron chi connectivity index (χ3n) is 10.2. The van der Waals surface area contributed by atoms with E-state index in [1.807, 2.05) is 12.3 Å². The van der Waals surface area contributed by atoms with Crippen molar-refractivity contribution in [3.8, 4) is 34.1 Å². The van der Waals surface area contributed by atoms with Crippen molar-refractivity contribution in [2.75, 3.05) is 0 Å². The van der Waals surface area contributed by atoms with Crippen LogP contribution in [0.1, 0.15) is 94.9 Å². The molecule has 0 saturated heterocycles. The average molecular weight is 882 g/mol. The Hall–Kier alpha value is -4.47. The van der Waals surface area contributed by atoms with E-state index in [9.17, 15) is 0 Å². The van der Waals surface area contributed by atoms with Crippen LogP contribution >= 0.6 is 0 Å². The first kappa shape index (κ1) is 38.3. The fourth-order valence-corrected chi connectivity index (χ4v) is 7.31. The Morgan fingerprint density at radius 2 is 1.43 bits per heavy atom. The molecule has 0 radical (unpaired) electrons. The van der Waals surface area contributed by atoms with E-state index in [4.69, 9.17) is 14.8 Å². The molecule has 0 fully saturated rings. The van der Waals surface area contributed by atoms with Gasteiger partial charge in [-0.05, 0) is 96.0 Å². The van der Waals surface area contributed by atoms with E-state index in [-0.39, 0.29) is 31.9 Å². The van der Waals surface area contributed by atoms with Crippen molar-refractivity contribution in [3.05, 3.63) is 131 Å². The second-order valence-electron chi connectivity index (χ2n) is 16.2. The number of aromatic nitrogens is 4. The van der Waals surface area contributed by atoms with E-state index < -0.39 is 0 Å². The summed E-state index contributed by atoms with van der Waals surface area (Å²) in [6.45, 7) is 22.2. The molecule has 0 unspecified atom stereocenters. The van der Waals surface area contributed by atoms with E-state index >= 15 is 0 Å². The van der Waals surface area contributed by atoms with Gasteiger partial charge in [-0.2, -0.15) is 11.2 Å². The SMILES string of the molecule is CCCCc1c(-c2c(C)cccc2C)c(C)nn1-c1[c-]c(Oc2[c-]c3c(cc2)c2ccccc2n3-c2cc(C(C)(C)C)ccn2)cc(C(C)(C)C)c1.[Pt+2]. The van der Waals surface area contributed by atoms with Crippen LogP contribution < -0.4 is 4.74 Å². The summed E-state index contributed by atoms with van der Waals surface area (Å²) in [5.74, 6) is 2.12. The van der Waals surface area contributed by atoms with E-state index in [0.29, 0.717) is 11.5 Å². The molecular weight excluding hydrogens is 832 g/mol. The zero-order chi connectivity index (χ0) is 36.9. The van der Waals surface area contributed by atoms with Gasteiger partial charge in [0.1, 0.15) is 5.82 Å². The molecule has 0 bridgehead atoms. The molecule has 0 spiro atoms. The van der Waals surface area contributed by atoms with Gasteiger partial charge in [0.2, 0.25) is 0 Å². The molecule has 0 saturated carbocycles. The second-order valence-corrected chi connectivity index (χ2v) is 16.2. The molecule has 3 aromatic heterocycles. The zero-order valence-corrected chi connectivity index (χ0v) is 35.0. The maximum atomic E-state index is 6.74. The number of ether oxygens (including phenoxy) is 1. The predicted octanol–water partition coefficient (Wildman–Crippen LogP) is 12.3. The summed E-state index contributed by atoms with van der Waals surface area (Å²) in [4.78, 5) is 4.85. The van der Waals surface area contributed by atoms with E-state index in [2.05, 4.69) is 163 Å². The van der Waals surface area contributed by atoms with Crippen LogP contribution in [0, 0.1) is 32.9 Å². The Kier molecular flexibility index (Phi) is 10.6. The number of nitrogens with zero attached hydrogens (tertiary/aromatic N) is 4. The van der Waals surface area contributed by atoms with Crippen molar-refractivity contribution in [2.45, 2.75) is 99.3 Å². The third-order valence-corrected chi connectivity index (χ3v) is 10.2. The van der Waals surface area contributed by atoms with Crippen LogP contribution in [0.4, 0.5) is 0 Å². The largest absolute Gasteiger partial charge is 2.00 e. The smallest absolute Gasteiger partial charge is 0.509 e. The first-order valence-corrected chi connectivity index (χ1v) is 18.6. The van der Waals surface area contributed by atoms with Gasteiger partial charge in [-0.1, -0.05) is 96.8 Å². The molecule has 274 valence electrons. The number of benzene rings is 4. The quantitative estimate of drug-likeness (QED) is 0.143. The summed E-state index contributed by atoms with van der Waals surface area (Å²) in [5.41, 5.74) is 12.4. The van der Waals surface area contributed by atoms with Crippen molar-refractivity contribution in [2.24, 2.45) is 0 Å². The Balaban J connectivity index is 0.00000481. The molecule has 4 aromatic carbocycles. The van der Waals surface area contributed by atoms with Gasteiger partial charge in [0, 0.05) is 34.5 Å². The molecule has 5 nitrogen and oxygen atoms in total. The van der Waals surface area contributed by atoms with E-state index in [0.717, 1.165) is 63.8 Å². The van der Waals surface area contributed by atoms with Gasteiger partial charge in [-0.15, -0.1) is 41.3 Å². The molecule has 0 aliphatic heterocycles. The van der Waals surface area contributed by atoms with Crippen LogP contribution in [0.15, 0.2) is 85.1 Å². The second kappa shape index (κ2) is 14.7. The molecule has 0 aliphatic rings. The Morgan fingerprint density at radius 1 is 0.717 bits per heavy atom. The number of para-hydroxylation sites is 1. The van der Waals surface area contributed by atoms with Crippen LogP contribution in [0.3, 0.4) is 0 Å². The van der Waals surface area contributed by atoms with Gasteiger partial charge in [0.15, 0.2) is 0 Å². The van der Waals surface area contributed by atoms with Crippen LogP contribution in [0.5, 0.6) is 11.5 Å². The van der Waals surface area contributed by atoms with Crippen LogP contribution in [-0.2, 0) is 38.3 Å². The average Bonchev–Trinajstić information content (AvgIpc) is 3.60. The Morgan fingerprint density at radius 3 is 2.13 bits per heavy atom.